The normalized spacial score (nSPS) is 25.1. The molecule has 0 aromatic heterocycles. The van der Waals surface area contributed by atoms with E-state index >= 15 is 0 Å². The minimum Gasteiger partial charge on any atom is -0.444 e. The standard InChI is InChI=1S/C14H26N2O2S/c1-14(2,3)18-13(17)15-8-12(10-4-5-10)16-11-6-7-19-9-11/h10-12,16H,4-9H2,1-3H3,(H,15,17)/t11-,12+/m0/s1. The second-order valence-electron chi connectivity index (χ2n) is 6.55. The van der Waals surface area contributed by atoms with Crippen LogP contribution in [0.15, 0.2) is 0 Å². The Morgan fingerprint density at radius 1 is 1.37 bits per heavy atom. The van der Waals surface area contributed by atoms with Crippen LogP contribution in [0.25, 0.3) is 0 Å². The Morgan fingerprint density at radius 3 is 2.63 bits per heavy atom. The third-order valence-corrected chi connectivity index (χ3v) is 4.60. The molecule has 1 saturated heterocycles. The summed E-state index contributed by atoms with van der Waals surface area (Å²) in [6.45, 7) is 6.34. The Kier molecular flexibility index (Phi) is 5.01. The van der Waals surface area contributed by atoms with Crippen molar-refractivity contribution in [1.29, 1.82) is 0 Å². The second-order valence-corrected chi connectivity index (χ2v) is 7.70. The zero-order valence-electron chi connectivity index (χ0n) is 12.2. The monoisotopic (exact) mass is 286 g/mol. The molecule has 2 fully saturated rings. The predicted molar refractivity (Wildman–Crippen MR) is 79.6 cm³/mol. The van der Waals surface area contributed by atoms with E-state index in [1.807, 2.05) is 32.5 Å². The molecule has 2 rings (SSSR count). The first-order valence-electron chi connectivity index (χ1n) is 7.25. The van der Waals surface area contributed by atoms with Crippen molar-refractivity contribution in [3.63, 3.8) is 0 Å². The number of amides is 1. The summed E-state index contributed by atoms with van der Waals surface area (Å²) in [5, 5.41) is 6.61. The van der Waals surface area contributed by atoms with Gasteiger partial charge in [0.05, 0.1) is 0 Å². The molecule has 1 saturated carbocycles. The number of ether oxygens (including phenoxy) is 1. The van der Waals surface area contributed by atoms with Crippen LogP contribution in [0.1, 0.15) is 40.0 Å². The maximum atomic E-state index is 11.7. The quantitative estimate of drug-likeness (QED) is 0.815. The molecule has 2 atom stereocenters. The molecule has 1 heterocycles. The Hall–Kier alpha value is -0.420. The van der Waals surface area contributed by atoms with Gasteiger partial charge in [0.2, 0.25) is 0 Å². The summed E-state index contributed by atoms with van der Waals surface area (Å²) in [6, 6.07) is 1.03. The van der Waals surface area contributed by atoms with Gasteiger partial charge in [0.1, 0.15) is 5.60 Å². The van der Waals surface area contributed by atoms with E-state index in [0.29, 0.717) is 18.6 Å². The first kappa shape index (κ1) is 15.0. The van der Waals surface area contributed by atoms with Crippen LogP contribution in [0.3, 0.4) is 0 Å². The average Bonchev–Trinajstić information content (AvgIpc) is 3.00. The summed E-state index contributed by atoms with van der Waals surface area (Å²) in [7, 11) is 0. The number of thioether (sulfide) groups is 1. The van der Waals surface area contributed by atoms with E-state index < -0.39 is 5.60 Å². The summed E-state index contributed by atoms with van der Waals surface area (Å²) in [6.07, 6.45) is 3.52. The summed E-state index contributed by atoms with van der Waals surface area (Å²) < 4.78 is 5.28. The van der Waals surface area contributed by atoms with Crippen LogP contribution in [0.5, 0.6) is 0 Å². The van der Waals surface area contributed by atoms with E-state index in [1.165, 1.54) is 30.8 Å². The van der Waals surface area contributed by atoms with Crippen LogP contribution in [-0.2, 0) is 4.74 Å². The van der Waals surface area contributed by atoms with Crippen molar-refractivity contribution in [2.24, 2.45) is 5.92 Å². The molecule has 2 aliphatic rings. The van der Waals surface area contributed by atoms with Crippen LogP contribution in [-0.4, -0.2) is 41.8 Å². The fourth-order valence-electron chi connectivity index (χ4n) is 2.34. The summed E-state index contributed by atoms with van der Waals surface area (Å²) in [4.78, 5) is 11.7. The third-order valence-electron chi connectivity index (χ3n) is 3.44. The maximum absolute atomic E-state index is 11.7. The van der Waals surface area contributed by atoms with Gasteiger partial charge in [-0.05, 0) is 51.7 Å². The van der Waals surface area contributed by atoms with Crippen molar-refractivity contribution in [2.75, 3.05) is 18.1 Å². The van der Waals surface area contributed by atoms with E-state index in [2.05, 4.69) is 10.6 Å². The summed E-state index contributed by atoms with van der Waals surface area (Å²) in [5.74, 6) is 3.20. The molecule has 4 nitrogen and oxygen atoms in total. The molecule has 0 bridgehead atoms. The number of carbonyl (C=O) groups is 1. The minimum atomic E-state index is -0.422. The van der Waals surface area contributed by atoms with E-state index in [1.54, 1.807) is 0 Å². The number of nitrogens with one attached hydrogen (secondary N) is 2. The SMILES string of the molecule is CC(C)(C)OC(=O)NC[C@@H](N[C@H]1CCSC1)C1CC1. The Morgan fingerprint density at radius 2 is 2.11 bits per heavy atom. The summed E-state index contributed by atoms with van der Waals surface area (Å²) in [5.41, 5.74) is -0.422. The van der Waals surface area contributed by atoms with Gasteiger partial charge in [0, 0.05) is 24.4 Å². The predicted octanol–water partition coefficient (Wildman–Crippen LogP) is 2.38. The first-order chi connectivity index (χ1) is 8.94. The molecule has 0 spiro atoms. The van der Waals surface area contributed by atoms with Crippen molar-refractivity contribution in [2.45, 2.75) is 57.7 Å². The second kappa shape index (κ2) is 6.35. The van der Waals surface area contributed by atoms with Crippen LogP contribution < -0.4 is 10.6 Å². The first-order valence-corrected chi connectivity index (χ1v) is 8.40. The summed E-state index contributed by atoms with van der Waals surface area (Å²) >= 11 is 2.01. The number of hydrogen-bond donors (Lipinski definition) is 2. The average molecular weight is 286 g/mol. The van der Waals surface area contributed by atoms with Gasteiger partial charge in [-0.25, -0.2) is 4.79 Å². The van der Waals surface area contributed by atoms with E-state index in [0.717, 1.165) is 5.92 Å². The smallest absolute Gasteiger partial charge is 0.407 e. The third kappa shape index (κ3) is 5.61. The molecule has 0 radical (unpaired) electrons. The van der Waals surface area contributed by atoms with Crippen LogP contribution in [0.4, 0.5) is 4.79 Å². The lowest BCUT2D eigenvalue weighted by Crippen LogP contribution is -2.47. The lowest BCUT2D eigenvalue weighted by molar-refractivity contribution is 0.0520. The molecular weight excluding hydrogens is 260 g/mol. The molecule has 1 aliphatic heterocycles. The number of alkyl carbamates (subject to hydrolysis) is 1. The van der Waals surface area contributed by atoms with Crippen molar-refractivity contribution in [3.8, 4) is 0 Å². The van der Waals surface area contributed by atoms with E-state index in [4.69, 9.17) is 4.74 Å². The van der Waals surface area contributed by atoms with Crippen LogP contribution in [0.2, 0.25) is 0 Å². The van der Waals surface area contributed by atoms with Crippen molar-refractivity contribution < 1.29 is 9.53 Å². The van der Waals surface area contributed by atoms with Gasteiger partial charge in [-0.15, -0.1) is 0 Å². The van der Waals surface area contributed by atoms with Gasteiger partial charge in [-0.2, -0.15) is 11.8 Å². The molecule has 2 N–H and O–H groups in total. The lowest BCUT2D eigenvalue weighted by Gasteiger charge is -2.24. The highest BCUT2D eigenvalue weighted by molar-refractivity contribution is 7.99. The fourth-order valence-corrected chi connectivity index (χ4v) is 3.50. The highest BCUT2D eigenvalue weighted by atomic mass is 32.2. The molecule has 5 heteroatoms. The zero-order valence-corrected chi connectivity index (χ0v) is 13.0. The van der Waals surface area contributed by atoms with Gasteiger partial charge in [0.15, 0.2) is 0 Å². The molecule has 1 amide bonds. The molecule has 0 aromatic rings. The van der Waals surface area contributed by atoms with Gasteiger partial charge in [-0.3, -0.25) is 0 Å². The zero-order chi connectivity index (χ0) is 13.9. The molecule has 1 aliphatic carbocycles. The largest absolute Gasteiger partial charge is 0.444 e. The van der Waals surface area contributed by atoms with Crippen molar-refractivity contribution in [3.05, 3.63) is 0 Å². The van der Waals surface area contributed by atoms with Gasteiger partial charge >= 0.3 is 6.09 Å². The minimum absolute atomic E-state index is 0.305. The highest BCUT2D eigenvalue weighted by Gasteiger charge is 2.33. The topological polar surface area (TPSA) is 50.4 Å². The molecular formula is C14H26N2O2S. The molecule has 110 valence electrons. The number of rotatable bonds is 5. The Bertz CT molecular complexity index is 307. The fraction of sp³-hybridized carbons (Fsp3) is 0.929. The number of carbonyl (C=O) groups excluding carboxylic acids is 1. The lowest BCUT2D eigenvalue weighted by atomic mass is 10.1. The maximum Gasteiger partial charge on any atom is 0.407 e. The van der Waals surface area contributed by atoms with E-state index in [9.17, 15) is 4.79 Å². The van der Waals surface area contributed by atoms with Gasteiger partial charge < -0.3 is 15.4 Å². The molecule has 0 aromatic carbocycles. The van der Waals surface area contributed by atoms with Crippen molar-refractivity contribution >= 4 is 17.9 Å². The highest BCUT2D eigenvalue weighted by Crippen LogP contribution is 2.33. The molecule has 0 unspecified atom stereocenters. The Balaban J connectivity index is 1.72. The van der Waals surface area contributed by atoms with Gasteiger partial charge in [-0.1, -0.05) is 0 Å². The Labute approximate surface area is 120 Å². The van der Waals surface area contributed by atoms with E-state index in [-0.39, 0.29) is 6.09 Å². The van der Waals surface area contributed by atoms with Crippen molar-refractivity contribution in [1.82, 2.24) is 10.6 Å². The number of hydrogen-bond acceptors (Lipinski definition) is 4. The van der Waals surface area contributed by atoms with Crippen LogP contribution >= 0.6 is 11.8 Å². The van der Waals surface area contributed by atoms with Gasteiger partial charge in [0.25, 0.3) is 0 Å². The molecule has 19 heavy (non-hydrogen) atoms. The van der Waals surface area contributed by atoms with Crippen LogP contribution in [0, 0.1) is 5.92 Å².